The van der Waals surface area contributed by atoms with Crippen molar-refractivity contribution in [1.82, 2.24) is 5.32 Å². The monoisotopic (exact) mass is 353 g/mol. The van der Waals surface area contributed by atoms with Crippen molar-refractivity contribution in [3.05, 3.63) is 63.6 Å². The minimum atomic E-state index is -0.315. The van der Waals surface area contributed by atoms with E-state index in [1.807, 2.05) is 24.3 Å². The second-order valence-corrected chi connectivity index (χ2v) is 5.48. The number of phenols is 1. The number of alkyl halides is 1. The van der Waals surface area contributed by atoms with Crippen LogP contribution in [0.3, 0.4) is 0 Å². The van der Waals surface area contributed by atoms with E-state index >= 15 is 0 Å². The molecular weight excluding hydrogens is 342 g/mol. The van der Waals surface area contributed by atoms with Gasteiger partial charge in [-0.2, -0.15) is 0 Å². The van der Waals surface area contributed by atoms with Crippen molar-refractivity contribution in [1.29, 1.82) is 0 Å². The van der Waals surface area contributed by atoms with Gasteiger partial charge in [-0.3, -0.25) is 4.79 Å². The number of aromatic hydroxyl groups is 1. The van der Waals surface area contributed by atoms with E-state index in [0.29, 0.717) is 12.4 Å². The lowest BCUT2D eigenvalue weighted by Crippen LogP contribution is -2.22. The molecule has 0 radical (unpaired) electrons. The molecule has 0 fully saturated rings. The minimum absolute atomic E-state index is 0.0387. The molecule has 104 valence electrons. The standard InChI is InChI=1S/C15H13BrClNO2/c16-12-5-6-14(19)13(7-12)15(20)18-9-11-3-1-10(8-17)2-4-11/h1-7,19H,8-9H2,(H,18,20). The zero-order valence-corrected chi connectivity index (χ0v) is 12.9. The molecule has 0 heterocycles. The average Bonchev–Trinajstić information content (AvgIpc) is 2.47. The van der Waals surface area contributed by atoms with Gasteiger partial charge in [-0.05, 0) is 29.3 Å². The molecule has 2 aromatic carbocycles. The van der Waals surface area contributed by atoms with Crippen LogP contribution in [-0.2, 0) is 12.4 Å². The van der Waals surface area contributed by atoms with Crippen LogP contribution >= 0.6 is 27.5 Å². The Balaban J connectivity index is 2.02. The van der Waals surface area contributed by atoms with E-state index in [1.54, 1.807) is 12.1 Å². The fourth-order valence-electron chi connectivity index (χ4n) is 1.71. The normalized spacial score (nSPS) is 10.3. The van der Waals surface area contributed by atoms with Crippen molar-refractivity contribution < 1.29 is 9.90 Å². The summed E-state index contributed by atoms with van der Waals surface area (Å²) in [5, 5.41) is 12.4. The molecule has 2 N–H and O–H groups in total. The molecule has 0 aromatic heterocycles. The molecule has 2 aromatic rings. The van der Waals surface area contributed by atoms with Crippen LogP contribution in [0.25, 0.3) is 0 Å². The number of nitrogens with one attached hydrogen (secondary N) is 1. The predicted octanol–water partition coefficient (Wildman–Crippen LogP) is 3.82. The quantitative estimate of drug-likeness (QED) is 0.820. The van der Waals surface area contributed by atoms with E-state index in [-0.39, 0.29) is 17.2 Å². The number of halogens is 2. The number of carbonyl (C=O) groups excluding carboxylic acids is 1. The number of carbonyl (C=O) groups is 1. The SMILES string of the molecule is O=C(NCc1ccc(CCl)cc1)c1cc(Br)ccc1O. The summed E-state index contributed by atoms with van der Waals surface area (Å²) in [7, 11) is 0. The first-order valence-corrected chi connectivity index (χ1v) is 7.33. The highest BCUT2D eigenvalue weighted by atomic mass is 79.9. The molecule has 20 heavy (non-hydrogen) atoms. The molecule has 3 nitrogen and oxygen atoms in total. The molecular formula is C15H13BrClNO2. The highest BCUT2D eigenvalue weighted by Crippen LogP contribution is 2.21. The highest BCUT2D eigenvalue weighted by Gasteiger charge is 2.11. The van der Waals surface area contributed by atoms with Crippen molar-refractivity contribution in [3.63, 3.8) is 0 Å². The lowest BCUT2D eigenvalue weighted by Gasteiger charge is -2.08. The molecule has 0 aliphatic heterocycles. The zero-order chi connectivity index (χ0) is 14.5. The van der Waals surface area contributed by atoms with Crippen LogP contribution in [0.15, 0.2) is 46.9 Å². The summed E-state index contributed by atoms with van der Waals surface area (Å²) in [4.78, 5) is 12.0. The minimum Gasteiger partial charge on any atom is -0.507 e. The van der Waals surface area contributed by atoms with Gasteiger partial charge in [-0.15, -0.1) is 11.6 Å². The molecule has 1 amide bonds. The van der Waals surface area contributed by atoms with Crippen LogP contribution in [0.2, 0.25) is 0 Å². The molecule has 0 spiro atoms. The summed E-state index contributed by atoms with van der Waals surface area (Å²) in [5.41, 5.74) is 2.25. The second kappa shape index (κ2) is 6.77. The third kappa shape index (κ3) is 3.74. The Hall–Kier alpha value is -1.52. The molecule has 2 rings (SSSR count). The third-order valence-electron chi connectivity index (χ3n) is 2.83. The van der Waals surface area contributed by atoms with Crippen LogP contribution in [0.4, 0.5) is 0 Å². The largest absolute Gasteiger partial charge is 0.507 e. The second-order valence-electron chi connectivity index (χ2n) is 4.29. The van der Waals surface area contributed by atoms with Gasteiger partial charge >= 0.3 is 0 Å². The molecule has 0 saturated heterocycles. The lowest BCUT2D eigenvalue weighted by atomic mass is 10.1. The number of benzene rings is 2. The Kier molecular flexibility index (Phi) is 5.04. The molecule has 0 saturated carbocycles. The summed E-state index contributed by atoms with van der Waals surface area (Å²) in [6, 6.07) is 12.4. The maximum atomic E-state index is 12.0. The topological polar surface area (TPSA) is 49.3 Å². The number of rotatable bonds is 4. The molecule has 0 aliphatic carbocycles. The van der Waals surface area contributed by atoms with Gasteiger partial charge in [-0.25, -0.2) is 0 Å². The number of hydrogen-bond acceptors (Lipinski definition) is 2. The smallest absolute Gasteiger partial charge is 0.255 e. The molecule has 0 atom stereocenters. The third-order valence-corrected chi connectivity index (χ3v) is 3.64. The van der Waals surface area contributed by atoms with Gasteiger partial charge in [0.1, 0.15) is 5.75 Å². The first-order chi connectivity index (χ1) is 9.60. The van der Waals surface area contributed by atoms with E-state index in [1.165, 1.54) is 6.07 Å². The molecule has 0 aliphatic rings. The van der Waals surface area contributed by atoms with Crippen molar-refractivity contribution in [2.75, 3.05) is 0 Å². The molecule has 0 bridgehead atoms. The van der Waals surface area contributed by atoms with Gasteiger partial charge in [0, 0.05) is 16.9 Å². The van der Waals surface area contributed by atoms with Gasteiger partial charge in [0.15, 0.2) is 0 Å². The number of amides is 1. The maximum absolute atomic E-state index is 12.0. The van der Waals surface area contributed by atoms with E-state index in [0.717, 1.165) is 15.6 Å². The lowest BCUT2D eigenvalue weighted by molar-refractivity contribution is 0.0948. The highest BCUT2D eigenvalue weighted by molar-refractivity contribution is 9.10. The van der Waals surface area contributed by atoms with Gasteiger partial charge in [0.25, 0.3) is 5.91 Å². The summed E-state index contributed by atoms with van der Waals surface area (Å²) < 4.78 is 0.743. The number of phenolic OH excluding ortho intramolecular Hbond substituents is 1. The van der Waals surface area contributed by atoms with Crippen molar-refractivity contribution in [2.24, 2.45) is 0 Å². The van der Waals surface area contributed by atoms with Gasteiger partial charge in [0.2, 0.25) is 0 Å². The molecule has 5 heteroatoms. The fourth-order valence-corrected chi connectivity index (χ4v) is 2.25. The Morgan fingerprint density at radius 2 is 1.80 bits per heavy atom. The first kappa shape index (κ1) is 14.9. The Bertz CT molecular complexity index is 614. The summed E-state index contributed by atoms with van der Waals surface area (Å²) in [5.74, 6) is 0.117. The van der Waals surface area contributed by atoms with Crippen molar-refractivity contribution in [3.8, 4) is 5.75 Å². The predicted molar refractivity (Wildman–Crippen MR) is 83.0 cm³/mol. The fraction of sp³-hybridized carbons (Fsp3) is 0.133. The van der Waals surface area contributed by atoms with Crippen LogP contribution in [-0.4, -0.2) is 11.0 Å². The average molecular weight is 355 g/mol. The van der Waals surface area contributed by atoms with E-state index in [2.05, 4.69) is 21.2 Å². The van der Waals surface area contributed by atoms with Gasteiger partial charge in [-0.1, -0.05) is 40.2 Å². The molecule has 0 unspecified atom stereocenters. The summed E-state index contributed by atoms with van der Waals surface area (Å²) in [6.45, 7) is 0.396. The zero-order valence-electron chi connectivity index (χ0n) is 10.6. The van der Waals surface area contributed by atoms with Gasteiger partial charge < -0.3 is 10.4 Å². The van der Waals surface area contributed by atoms with Crippen LogP contribution < -0.4 is 5.32 Å². The van der Waals surface area contributed by atoms with Crippen LogP contribution in [0.5, 0.6) is 5.75 Å². The Morgan fingerprint density at radius 1 is 1.15 bits per heavy atom. The maximum Gasteiger partial charge on any atom is 0.255 e. The Morgan fingerprint density at radius 3 is 2.45 bits per heavy atom. The van der Waals surface area contributed by atoms with Crippen molar-refractivity contribution >= 4 is 33.4 Å². The Labute approximate surface area is 130 Å². The first-order valence-electron chi connectivity index (χ1n) is 6.00. The van der Waals surface area contributed by atoms with Crippen LogP contribution in [0.1, 0.15) is 21.5 Å². The van der Waals surface area contributed by atoms with Crippen LogP contribution in [0, 0.1) is 0 Å². The van der Waals surface area contributed by atoms with Crippen molar-refractivity contribution in [2.45, 2.75) is 12.4 Å². The van der Waals surface area contributed by atoms with E-state index in [4.69, 9.17) is 11.6 Å². The number of hydrogen-bond donors (Lipinski definition) is 2. The van der Waals surface area contributed by atoms with E-state index < -0.39 is 0 Å². The van der Waals surface area contributed by atoms with Gasteiger partial charge in [0.05, 0.1) is 5.56 Å². The van der Waals surface area contributed by atoms with E-state index in [9.17, 15) is 9.90 Å². The summed E-state index contributed by atoms with van der Waals surface area (Å²) in [6.07, 6.45) is 0. The summed E-state index contributed by atoms with van der Waals surface area (Å²) >= 11 is 8.99.